The predicted octanol–water partition coefficient (Wildman–Crippen LogP) is 1.94. The molecule has 0 aliphatic heterocycles. The summed E-state index contributed by atoms with van der Waals surface area (Å²) in [6.07, 6.45) is -0.231. The van der Waals surface area contributed by atoms with Gasteiger partial charge in [0, 0.05) is 0 Å². The van der Waals surface area contributed by atoms with Crippen molar-refractivity contribution < 1.29 is 0 Å². The van der Waals surface area contributed by atoms with Crippen LogP contribution in [0.25, 0.3) is 0 Å². The number of hydrogen-bond acceptors (Lipinski definition) is 2. The fraction of sp³-hybridized carbons (Fsp3) is 1.00. The van der Waals surface area contributed by atoms with Crippen molar-refractivity contribution in [1.82, 2.24) is 0 Å². The first-order valence-corrected chi connectivity index (χ1v) is 4.58. The summed E-state index contributed by atoms with van der Waals surface area (Å²) in [5, 5.41) is 0. The second-order valence-corrected chi connectivity index (χ2v) is 5.79. The summed E-state index contributed by atoms with van der Waals surface area (Å²) in [6.45, 7) is 13.1. The van der Waals surface area contributed by atoms with Crippen molar-refractivity contribution in [3.05, 3.63) is 0 Å². The highest BCUT2D eigenvalue weighted by Gasteiger charge is 2.37. The quantitative estimate of drug-likeness (QED) is 0.594. The van der Waals surface area contributed by atoms with Gasteiger partial charge in [-0.1, -0.05) is 41.5 Å². The molecule has 0 spiro atoms. The van der Waals surface area contributed by atoms with Gasteiger partial charge in [-0.05, 0) is 16.7 Å². The molecule has 2 heteroatoms. The largest absolute Gasteiger partial charge is 0.316 e. The fourth-order valence-electron chi connectivity index (χ4n) is 2.45. The van der Waals surface area contributed by atoms with Crippen LogP contribution in [0.4, 0.5) is 0 Å². The van der Waals surface area contributed by atoms with E-state index in [4.69, 9.17) is 11.5 Å². The Labute approximate surface area is 76.7 Å². The van der Waals surface area contributed by atoms with Gasteiger partial charge >= 0.3 is 0 Å². The van der Waals surface area contributed by atoms with Crippen LogP contribution < -0.4 is 11.5 Å². The molecule has 0 radical (unpaired) electrons. The average molecular weight is 172 g/mol. The third kappa shape index (κ3) is 3.11. The van der Waals surface area contributed by atoms with Gasteiger partial charge in [-0.15, -0.1) is 0 Å². The smallest absolute Gasteiger partial charge is 0.0560 e. The molecule has 0 aliphatic carbocycles. The van der Waals surface area contributed by atoms with Crippen LogP contribution in [0.5, 0.6) is 0 Å². The standard InChI is InChI=1S/C10H24N2/c1-9(2,3)7(8(11)12)10(4,5)6/h7-8H,11-12H2,1-6H3. The topological polar surface area (TPSA) is 52.0 Å². The van der Waals surface area contributed by atoms with Crippen LogP contribution in [-0.2, 0) is 0 Å². The fourth-order valence-corrected chi connectivity index (χ4v) is 2.45. The molecule has 0 unspecified atom stereocenters. The summed E-state index contributed by atoms with van der Waals surface area (Å²) in [7, 11) is 0. The van der Waals surface area contributed by atoms with E-state index in [1.54, 1.807) is 0 Å². The molecule has 74 valence electrons. The van der Waals surface area contributed by atoms with Crippen LogP contribution in [-0.4, -0.2) is 6.17 Å². The van der Waals surface area contributed by atoms with Crippen molar-refractivity contribution in [3.8, 4) is 0 Å². The Morgan fingerprint density at radius 1 is 0.750 bits per heavy atom. The lowest BCUT2D eigenvalue weighted by atomic mass is 9.65. The first-order chi connectivity index (χ1) is 5.07. The zero-order chi connectivity index (χ0) is 10.2. The summed E-state index contributed by atoms with van der Waals surface area (Å²) >= 11 is 0. The molecule has 0 aromatic heterocycles. The maximum absolute atomic E-state index is 5.79. The molecular formula is C10H24N2. The van der Waals surface area contributed by atoms with Crippen molar-refractivity contribution in [2.24, 2.45) is 28.2 Å². The zero-order valence-corrected chi connectivity index (χ0v) is 9.31. The Hall–Kier alpha value is -0.0800. The van der Waals surface area contributed by atoms with Crippen LogP contribution in [0, 0.1) is 16.7 Å². The Morgan fingerprint density at radius 2 is 1.00 bits per heavy atom. The van der Waals surface area contributed by atoms with Crippen molar-refractivity contribution in [2.75, 3.05) is 0 Å². The van der Waals surface area contributed by atoms with Crippen molar-refractivity contribution in [1.29, 1.82) is 0 Å². The Bertz CT molecular complexity index is 123. The highest BCUT2D eigenvalue weighted by atomic mass is 14.9. The normalized spacial score (nSPS) is 14.5. The van der Waals surface area contributed by atoms with Gasteiger partial charge in [0.2, 0.25) is 0 Å². The first-order valence-electron chi connectivity index (χ1n) is 4.58. The molecule has 0 bridgehead atoms. The summed E-state index contributed by atoms with van der Waals surface area (Å²) in [5.74, 6) is 0.338. The maximum Gasteiger partial charge on any atom is 0.0560 e. The minimum atomic E-state index is -0.231. The average Bonchev–Trinajstić information content (AvgIpc) is 1.49. The van der Waals surface area contributed by atoms with Gasteiger partial charge in [-0.2, -0.15) is 0 Å². The lowest BCUT2D eigenvalue weighted by molar-refractivity contribution is 0.0774. The van der Waals surface area contributed by atoms with E-state index in [-0.39, 0.29) is 17.0 Å². The summed E-state index contributed by atoms with van der Waals surface area (Å²) in [5.41, 5.74) is 11.9. The number of hydrogen-bond donors (Lipinski definition) is 2. The van der Waals surface area contributed by atoms with E-state index in [1.807, 2.05) is 0 Å². The SMILES string of the molecule is CC(C)(C)C(C(N)N)C(C)(C)C. The van der Waals surface area contributed by atoms with E-state index in [9.17, 15) is 0 Å². The summed E-state index contributed by atoms with van der Waals surface area (Å²) < 4.78 is 0. The molecule has 0 fully saturated rings. The molecule has 0 saturated heterocycles. The van der Waals surface area contributed by atoms with Gasteiger partial charge in [0.05, 0.1) is 6.17 Å². The molecule has 0 aromatic rings. The molecule has 0 heterocycles. The zero-order valence-electron chi connectivity index (χ0n) is 9.31. The molecule has 0 amide bonds. The number of nitrogens with two attached hydrogens (primary N) is 2. The van der Waals surface area contributed by atoms with Gasteiger partial charge in [0.1, 0.15) is 0 Å². The lowest BCUT2D eigenvalue weighted by Gasteiger charge is -2.43. The van der Waals surface area contributed by atoms with Crippen molar-refractivity contribution in [2.45, 2.75) is 47.7 Å². The molecular weight excluding hydrogens is 148 g/mol. The van der Waals surface area contributed by atoms with Crippen molar-refractivity contribution in [3.63, 3.8) is 0 Å². The molecule has 2 nitrogen and oxygen atoms in total. The molecule has 0 saturated carbocycles. The molecule has 12 heavy (non-hydrogen) atoms. The van der Waals surface area contributed by atoms with Gasteiger partial charge in [0.25, 0.3) is 0 Å². The summed E-state index contributed by atoms with van der Waals surface area (Å²) in [4.78, 5) is 0. The highest BCUT2D eigenvalue weighted by molar-refractivity contribution is 4.88. The Kier molecular flexibility index (Phi) is 3.32. The van der Waals surface area contributed by atoms with Gasteiger partial charge in [-0.3, -0.25) is 0 Å². The van der Waals surface area contributed by atoms with E-state index in [0.717, 1.165) is 0 Å². The minimum absolute atomic E-state index is 0.173. The van der Waals surface area contributed by atoms with E-state index in [0.29, 0.717) is 5.92 Å². The van der Waals surface area contributed by atoms with Gasteiger partial charge < -0.3 is 11.5 Å². The van der Waals surface area contributed by atoms with E-state index in [2.05, 4.69) is 41.5 Å². The second kappa shape index (κ2) is 3.35. The van der Waals surface area contributed by atoms with E-state index in [1.165, 1.54) is 0 Å². The van der Waals surface area contributed by atoms with Crippen LogP contribution in [0.15, 0.2) is 0 Å². The third-order valence-corrected chi connectivity index (χ3v) is 2.25. The van der Waals surface area contributed by atoms with Gasteiger partial charge in [0.15, 0.2) is 0 Å². The van der Waals surface area contributed by atoms with Crippen LogP contribution in [0.3, 0.4) is 0 Å². The van der Waals surface area contributed by atoms with Crippen LogP contribution in [0.2, 0.25) is 0 Å². The third-order valence-electron chi connectivity index (χ3n) is 2.25. The lowest BCUT2D eigenvalue weighted by Crippen LogP contribution is -2.50. The van der Waals surface area contributed by atoms with Crippen LogP contribution in [0.1, 0.15) is 41.5 Å². The molecule has 0 aliphatic rings. The van der Waals surface area contributed by atoms with E-state index < -0.39 is 0 Å². The molecule has 0 rings (SSSR count). The predicted molar refractivity (Wildman–Crippen MR) is 54.6 cm³/mol. The maximum atomic E-state index is 5.79. The minimum Gasteiger partial charge on any atom is -0.316 e. The molecule has 0 aromatic carbocycles. The second-order valence-electron chi connectivity index (χ2n) is 5.79. The Balaban J connectivity index is 4.70. The first kappa shape index (κ1) is 11.9. The van der Waals surface area contributed by atoms with Crippen molar-refractivity contribution >= 4 is 0 Å². The Morgan fingerprint density at radius 3 is 1.00 bits per heavy atom. The van der Waals surface area contributed by atoms with E-state index >= 15 is 0 Å². The monoisotopic (exact) mass is 172 g/mol. The summed E-state index contributed by atoms with van der Waals surface area (Å²) in [6, 6.07) is 0. The molecule has 0 atom stereocenters. The van der Waals surface area contributed by atoms with Gasteiger partial charge in [-0.25, -0.2) is 0 Å². The molecule has 4 N–H and O–H groups in total. The number of rotatable bonds is 1. The van der Waals surface area contributed by atoms with Crippen LogP contribution >= 0.6 is 0 Å². The highest BCUT2D eigenvalue weighted by Crippen LogP contribution is 2.40.